The summed E-state index contributed by atoms with van der Waals surface area (Å²) in [5, 5.41) is 9.03. The highest BCUT2D eigenvalue weighted by atomic mass is 32.2. The molecular formula is C8H15NO3S. The fourth-order valence-electron chi connectivity index (χ4n) is 1.36. The normalized spacial score (nSPS) is 21.1. The Bertz CT molecular complexity index is 171. The fourth-order valence-corrected chi connectivity index (χ4v) is 2.30. The topological polar surface area (TPSA) is 49.8 Å². The van der Waals surface area contributed by atoms with Crippen LogP contribution in [0.4, 0.5) is 0 Å². The Kier molecular flexibility index (Phi) is 4.55. The minimum Gasteiger partial charge on any atom is -0.468 e. The van der Waals surface area contributed by atoms with Gasteiger partial charge in [0.05, 0.1) is 13.7 Å². The number of thioether (sulfide) groups is 1. The highest BCUT2D eigenvalue weighted by Gasteiger charge is 2.26. The molecule has 0 aromatic heterocycles. The first kappa shape index (κ1) is 10.8. The summed E-state index contributed by atoms with van der Waals surface area (Å²) in [6.45, 7) is 1.55. The molecule has 1 heterocycles. The molecule has 0 aromatic rings. The van der Waals surface area contributed by atoms with Gasteiger partial charge in [-0.15, -0.1) is 0 Å². The highest BCUT2D eigenvalue weighted by molar-refractivity contribution is 7.99. The van der Waals surface area contributed by atoms with Crippen molar-refractivity contribution in [3.8, 4) is 0 Å². The van der Waals surface area contributed by atoms with E-state index in [1.165, 1.54) is 7.11 Å². The monoisotopic (exact) mass is 205 g/mol. The van der Waals surface area contributed by atoms with Gasteiger partial charge in [0.2, 0.25) is 0 Å². The van der Waals surface area contributed by atoms with Crippen molar-refractivity contribution < 1.29 is 14.6 Å². The van der Waals surface area contributed by atoms with Crippen LogP contribution in [-0.2, 0) is 9.53 Å². The Hall–Kier alpha value is -0.260. The second-order valence-corrected chi connectivity index (χ2v) is 4.09. The van der Waals surface area contributed by atoms with Crippen molar-refractivity contribution in [3.63, 3.8) is 0 Å². The maximum atomic E-state index is 11.2. The van der Waals surface area contributed by atoms with Gasteiger partial charge in [-0.3, -0.25) is 9.69 Å². The van der Waals surface area contributed by atoms with Gasteiger partial charge in [0, 0.05) is 24.6 Å². The molecule has 0 amide bonds. The largest absolute Gasteiger partial charge is 0.468 e. The molecule has 0 radical (unpaired) electrons. The van der Waals surface area contributed by atoms with Crippen LogP contribution < -0.4 is 0 Å². The summed E-state index contributed by atoms with van der Waals surface area (Å²) in [5.41, 5.74) is 0. The minimum absolute atomic E-state index is 0.155. The number of carbonyl (C=O) groups is 1. The molecule has 1 aliphatic heterocycles. The van der Waals surface area contributed by atoms with Crippen LogP contribution in [0, 0.1) is 0 Å². The Labute approximate surface area is 82.2 Å². The van der Waals surface area contributed by atoms with Crippen molar-refractivity contribution in [1.82, 2.24) is 4.90 Å². The van der Waals surface area contributed by atoms with Gasteiger partial charge in [-0.2, -0.15) is 11.8 Å². The van der Waals surface area contributed by atoms with E-state index in [9.17, 15) is 4.79 Å². The van der Waals surface area contributed by atoms with E-state index in [0.717, 1.165) is 24.6 Å². The standard InChI is InChI=1S/C8H15NO3S/c1-12-8(11)7(6-10)9-2-4-13-5-3-9/h7,10H,2-6H2,1H3/t7-/m1/s1. The number of carbonyl (C=O) groups excluding carboxylic acids is 1. The van der Waals surface area contributed by atoms with E-state index >= 15 is 0 Å². The maximum absolute atomic E-state index is 11.2. The number of nitrogens with zero attached hydrogens (tertiary/aromatic N) is 1. The minimum atomic E-state index is -0.467. The second kappa shape index (κ2) is 5.47. The van der Waals surface area contributed by atoms with Gasteiger partial charge < -0.3 is 9.84 Å². The number of ether oxygens (including phenoxy) is 1. The summed E-state index contributed by atoms with van der Waals surface area (Å²) in [4.78, 5) is 13.2. The third-order valence-electron chi connectivity index (χ3n) is 2.13. The molecule has 0 aromatic carbocycles. The van der Waals surface area contributed by atoms with E-state index in [0.29, 0.717) is 0 Å². The van der Waals surface area contributed by atoms with Crippen LogP contribution in [-0.4, -0.2) is 60.3 Å². The van der Waals surface area contributed by atoms with Crippen molar-refractivity contribution in [2.45, 2.75) is 6.04 Å². The van der Waals surface area contributed by atoms with E-state index in [4.69, 9.17) is 5.11 Å². The van der Waals surface area contributed by atoms with Crippen molar-refractivity contribution in [2.75, 3.05) is 38.3 Å². The SMILES string of the molecule is COC(=O)[C@@H](CO)N1CCSCC1. The zero-order chi connectivity index (χ0) is 9.68. The van der Waals surface area contributed by atoms with Crippen LogP contribution >= 0.6 is 11.8 Å². The number of aliphatic hydroxyl groups is 1. The van der Waals surface area contributed by atoms with Gasteiger partial charge in [-0.25, -0.2) is 0 Å². The lowest BCUT2D eigenvalue weighted by Crippen LogP contribution is -2.48. The number of rotatable bonds is 3. The van der Waals surface area contributed by atoms with Crippen LogP contribution in [0.3, 0.4) is 0 Å². The first-order valence-electron chi connectivity index (χ1n) is 4.30. The molecule has 4 nitrogen and oxygen atoms in total. The van der Waals surface area contributed by atoms with Gasteiger partial charge in [-0.1, -0.05) is 0 Å². The second-order valence-electron chi connectivity index (χ2n) is 2.87. The predicted molar refractivity (Wildman–Crippen MR) is 51.8 cm³/mol. The Balaban J connectivity index is 2.48. The molecule has 1 saturated heterocycles. The molecule has 0 bridgehead atoms. The summed E-state index contributed by atoms with van der Waals surface area (Å²) in [6, 6.07) is -0.467. The highest BCUT2D eigenvalue weighted by Crippen LogP contribution is 2.12. The van der Waals surface area contributed by atoms with Gasteiger partial charge in [0.15, 0.2) is 0 Å². The molecule has 5 heteroatoms. The fraction of sp³-hybridized carbons (Fsp3) is 0.875. The van der Waals surface area contributed by atoms with E-state index < -0.39 is 6.04 Å². The molecular weight excluding hydrogens is 190 g/mol. The number of esters is 1. The van der Waals surface area contributed by atoms with Gasteiger partial charge in [0.25, 0.3) is 0 Å². The lowest BCUT2D eigenvalue weighted by molar-refractivity contribution is -0.148. The molecule has 76 valence electrons. The Morgan fingerprint density at radius 1 is 1.62 bits per heavy atom. The van der Waals surface area contributed by atoms with Gasteiger partial charge >= 0.3 is 5.97 Å². The van der Waals surface area contributed by atoms with Crippen LogP contribution in [0.5, 0.6) is 0 Å². The lowest BCUT2D eigenvalue weighted by atomic mass is 10.2. The summed E-state index contributed by atoms with van der Waals surface area (Å²) in [6.07, 6.45) is 0. The summed E-state index contributed by atoms with van der Waals surface area (Å²) < 4.78 is 4.61. The predicted octanol–water partition coefficient (Wildman–Crippen LogP) is -0.431. The van der Waals surface area contributed by atoms with Crippen LogP contribution in [0.25, 0.3) is 0 Å². The van der Waals surface area contributed by atoms with E-state index in [-0.39, 0.29) is 12.6 Å². The third kappa shape index (κ3) is 2.86. The first-order chi connectivity index (χ1) is 6.29. The Morgan fingerprint density at radius 3 is 2.69 bits per heavy atom. The quantitative estimate of drug-likeness (QED) is 0.634. The molecule has 1 rings (SSSR count). The maximum Gasteiger partial charge on any atom is 0.325 e. The molecule has 1 fully saturated rings. The van der Waals surface area contributed by atoms with Crippen LogP contribution in [0.2, 0.25) is 0 Å². The van der Waals surface area contributed by atoms with E-state index in [1.54, 1.807) is 0 Å². The molecule has 0 spiro atoms. The zero-order valence-corrected chi connectivity index (χ0v) is 8.55. The summed E-state index contributed by atoms with van der Waals surface area (Å²) >= 11 is 1.87. The number of methoxy groups -OCH3 is 1. The number of aliphatic hydroxyl groups excluding tert-OH is 1. The lowest BCUT2D eigenvalue weighted by Gasteiger charge is -2.31. The van der Waals surface area contributed by atoms with Crippen molar-refractivity contribution in [2.24, 2.45) is 0 Å². The van der Waals surface area contributed by atoms with Crippen molar-refractivity contribution in [3.05, 3.63) is 0 Å². The van der Waals surface area contributed by atoms with E-state index in [1.807, 2.05) is 16.7 Å². The number of hydrogen-bond acceptors (Lipinski definition) is 5. The van der Waals surface area contributed by atoms with Gasteiger partial charge in [0.1, 0.15) is 6.04 Å². The molecule has 0 saturated carbocycles. The third-order valence-corrected chi connectivity index (χ3v) is 3.08. The molecule has 1 aliphatic rings. The van der Waals surface area contributed by atoms with Gasteiger partial charge in [-0.05, 0) is 0 Å². The molecule has 0 unspecified atom stereocenters. The number of hydrogen-bond donors (Lipinski definition) is 1. The van der Waals surface area contributed by atoms with Crippen molar-refractivity contribution in [1.29, 1.82) is 0 Å². The molecule has 1 atom stereocenters. The van der Waals surface area contributed by atoms with E-state index in [2.05, 4.69) is 4.74 Å². The first-order valence-corrected chi connectivity index (χ1v) is 5.45. The Morgan fingerprint density at radius 2 is 2.23 bits per heavy atom. The zero-order valence-electron chi connectivity index (χ0n) is 7.73. The smallest absolute Gasteiger partial charge is 0.325 e. The average Bonchev–Trinajstić information content (AvgIpc) is 2.20. The van der Waals surface area contributed by atoms with Crippen molar-refractivity contribution >= 4 is 17.7 Å². The molecule has 0 aliphatic carbocycles. The molecule has 1 N–H and O–H groups in total. The van der Waals surface area contributed by atoms with Crippen LogP contribution in [0.15, 0.2) is 0 Å². The van der Waals surface area contributed by atoms with Crippen LogP contribution in [0.1, 0.15) is 0 Å². The summed E-state index contributed by atoms with van der Waals surface area (Å²) in [7, 11) is 1.35. The molecule has 13 heavy (non-hydrogen) atoms. The summed E-state index contributed by atoms with van der Waals surface area (Å²) in [5.74, 6) is 1.70. The average molecular weight is 205 g/mol.